The third kappa shape index (κ3) is 3.56. The number of fused-ring (bicyclic) bond motifs is 1. The van der Waals surface area contributed by atoms with E-state index in [4.69, 9.17) is 0 Å². The average molecular weight is 352 g/mol. The van der Waals surface area contributed by atoms with E-state index in [0.29, 0.717) is 4.88 Å². The fourth-order valence-electron chi connectivity index (χ4n) is 2.41. The summed E-state index contributed by atoms with van der Waals surface area (Å²) >= 11 is 1.28. The first-order valence-electron chi connectivity index (χ1n) is 7.43. The molecule has 2 heterocycles. The zero-order chi connectivity index (χ0) is 18.0. The lowest BCUT2D eigenvalue weighted by Gasteiger charge is -2.26. The maximum absolute atomic E-state index is 12.8. The molecule has 2 rings (SSSR count). The van der Waals surface area contributed by atoms with Gasteiger partial charge in [-0.2, -0.15) is 5.10 Å². The van der Waals surface area contributed by atoms with Crippen LogP contribution in [0.2, 0.25) is 0 Å². The smallest absolute Gasteiger partial charge is 0.326 e. The van der Waals surface area contributed by atoms with Crippen molar-refractivity contribution in [3.8, 4) is 0 Å². The standard InChI is InChI=1S/C15H20N4O4S/c1-8-11-7-12(24-14(11)18(4)17-8)13(21)19(9(2)15(22)23)6-5-16-10(3)20/h7,9H,5-6H2,1-4H3,(H,16,20)(H,22,23). The summed E-state index contributed by atoms with van der Waals surface area (Å²) < 4.78 is 1.70. The second-order valence-electron chi connectivity index (χ2n) is 5.53. The molecule has 0 saturated carbocycles. The van der Waals surface area contributed by atoms with Gasteiger partial charge in [-0.3, -0.25) is 14.3 Å². The van der Waals surface area contributed by atoms with E-state index < -0.39 is 12.0 Å². The Morgan fingerprint density at radius 1 is 1.46 bits per heavy atom. The topological polar surface area (TPSA) is 105 Å². The molecule has 1 atom stereocenters. The van der Waals surface area contributed by atoms with Gasteiger partial charge in [0.05, 0.1) is 10.6 Å². The average Bonchev–Trinajstić information content (AvgIpc) is 3.04. The maximum Gasteiger partial charge on any atom is 0.326 e. The number of carboxylic acid groups (broad SMARTS) is 1. The summed E-state index contributed by atoms with van der Waals surface area (Å²) in [5.41, 5.74) is 0.818. The number of hydrogen-bond donors (Lipinski definition) is 2. The summed E-state index contributed by atoms with van der Waals surface area (Å²) in [7, 11) is 1.80. The largest absolute Gasteiger partial charge is 0.480 e. The fourth-order valence-corrected chi connectivity index (χ4v) is 3.49. The number of nitrogens with one attached hydrogen (secondary N) is 1. The molecule has 0 spiro atoms. The number of hydrogen-bond acceptors (Lipinski definition) is 5. The van der Waals surface area contributed by atoms with Gasteiger partial charge < -0.3 is 15.3 Å². The number of carbonyl (C=O) groups is 3. The van der Waals surface area contributed by atoms with Gasteiger partial charge in [-0.1, -0.05) is 0 Å². The minimum Gasteiger partial charge on any atom is -0.480 e. The molecule has 0 aliphatic heterocycles. The van der Waals surface area contributed by atoms with Gasteiger partial charge in [-0.05, 0) is 19.9 Å². The van der Waals surface area contributed by atoms with Crippen molar-refractivity contribution >= 4 is 39.3 Å². The SMILES string of the molecule is CC(=O)NCCN(C(=O)c1cc2c(C)nn(C)c2s1)C(C)C(=O)O. The van der Waals surface area contributed by atoms with Crippen LogP contribution in [0, 0.1) is 6.92 Å². The van der Waals surface area contributed by atoms with Gasteiger partial charge in [0.25, 0.3) is 5.91 Å². The third-order valence-electron chi connectivity index (χ3n) is 3.72. The molecular formula is C15H20N4O4S. The minimum absolute atomic E-state index is 0.122. The first kappa shape index (κ1) is 17.9. The van der Waals surface area contributed by atoms with E-state index in [1.54, 1.807) is 17.8 Å². The second-order valence-corrected chi connectivity index (χ2v) is 6.56. The predicted molar refractivity (Wildman–Crippen MR) is 90.1 cm³/mol. The molecule has 2 aromatic rings. The molecule has 2 N–H and O–H groups in total. The van der Waals surface area contributed by atoms with Crippen LogP contribution in [-0.4, -0.2) is 56.7 Å². The molecule has 0 bridgehead atoms. The van der Waals surface area contributed by atoms with Crippen LogP contribution in [0.5, 0.6) is 0 Å². The van der Waals surface area contributed by atoms with Crippen molar-refractivity contribution in [2.75, 3.05) is 13.1 Å². The van der Waals surface area contributed by atoms with Gasteiger partial charge in [0.1, 0.15) is 10.9 Å². The highest BCUT2D eigenvalue weighted by atomic mass is 32.1. The zero-order valence-corrected chi connectivity index (χ0v) is 14.8. The van der Waals surface area contributed by atoms with Gasteiger partial charge in [-0.25, -0.2) is 4.79 Å². The molecule has 2 amide bonds. The zero-order valence-electron chi connectivity index (χ0n) is 14.0. The summed E-state index contributed by atoms with van der Waals surface area (Å²) in [6.45, 7) is 5.00. The summed E-state index contributed by atoms with van der Waals surface area (Å²) in [5.74, 6) is -1.69. The minimum atomic E-state index is -1.09. The maximum atomic E-state index is 12.8. The number of aryl methyl sites for hydroxylation is 2. The normalized spacial score (nSPS) is 12.2. The number of carboxylic acids is 1. The van der Waals surface area contributed by atoms with Gasteiger partial charge in [-0.15, -0.1) is 11.3 Å². The van der Waals surface area contributed by atoms with E-state index in [-0.39, 0.29) is 24.9 Å². The molecule has 0 aliphatic carbocycles. The quantitative estimate of drug-likeness (QED) is 0.807. The first-order chi connectivity index (χ1) is 11.2. The fraction of sp³-hybridized carbons (Fsp3) is 0.467. The van der Waals surface area contributed by atoms with Crippen molar-refractivity contribution in [3.63, 3.8) is 0 Å². The molecule has 0 radical (unpaired) electrons. The van der Waals surface area contributed by atoms with Crippen molar-refractivity contribution in [1.29, 1.82) is 0 Å². The van der Waals surface area contributed by atoms with Gasteiger partial charge in [0, 0.05) is 32.4 Å². The highest BCUT2D eigenvalue weighted by Gasteiger charge is 2.28. The van der Waals surface area contributed by atoms with Gasteiger partial charge in [0.15, 0.2) is 0 Å². The number of amides is 2. The van der Waals surface area contributed by atoms with E-state index in [2.05, 4.69) is 10.4 Å². The molecule has 8 nitrogen and oxygen atoms in total. The van der Waals surface area contributed by atoms with Crippen LogP contribution < -0.4 is 5.32 Å². The number of rotatable bonds is 6. The van der Waals surface area contributed by atoms with Crippen LogP contribution >= 0.6 is 11.3 Å². The lowest BCUT2D eigenvalue weighted by atomic mass is 10.2. The van der Waals surface area contributed by atoms with E-state index >= 15 is 0 Å². The van der Waals surface area contributed by atoms with Crippen molar-refractivity contribution in [1.82, 2.24) is 20.0 Å². The Hall–Kier alpha value is -2.42. The number of aromatic nitrogens is 2. The Morgan fingerprint density at radius 3 is 2.67 bits per heavy atom. The van der Waals surface area contributed by atoms with Crippen molar-refractivity contribution in [2.24, 2.45) is 7.05 Å². The number of nitrogens with zero attached hydrogens (tertiary/aromatic N) is 3. The Balaban J connectivity index is 2.28. The summed E-state index contributed by atoms with van der Waals surface area (Å²) in [4.78, 5) is 37.7. The lowest BCUT2D eigenvalue weighted by molar-refractivity contribution is -0.141. The van der Waals surface area contributed by atoms with E-state index in [1.807, 2.05) is 6.92 Å². The molecule has 0 aliphatic rings. The first-order valence-corrected chi connectivity index (χ1v) is 8.25. The summed E-state index contributed by atoms with van der Waals surface area (Å²) in [6.07, 6.45) is 0. The molecular weight excluding hydrogens is 332 g/mol. The van der Waals surface area contributed by atoms with Gasteiger partial charge >= 0.3 is 5.97 Å². The van der Waals surface area contributed by atoms with Crippen LogP contribution in [0.3, 0.4) is 0 Å². The van der Waals surface area contributed by atoms with Gasteiger partial charge in [0.2, 0.25) is 5.91 Å². The number of aliphatic carboxylic acids is 1. The van der Waals surface area contributed by atoms with Crippen LogP contribution in [0.1, 0.15) is 29.2 Å². The van der Waals surface area contributed by atoms with Crippen molar-refractivity contribution in [2.45, 2.75) is 26.8 Å². The predicted octanol–water partition coefficient (Wildman–Crippen LogP) is 0.995. The Kier molecular flexibility index (Phi) is 5.23. The van der Waals surface area contributed by atoms with Crippen LogP contribution in [0.4, 0.5) is 0 Å². The lowest BCUT2D eigenvalue weighted by Crippen LogP contribution is -2.46. The van der Waals surface area contributed by atoms with Crippen LogP contribution in [0.25, 0.3) is 10.2 Å². The summed E-state index contributed by atoms with van der Waals surface area (Å²) in [6, 6.07) is 0.751. The molecule has 130 valence electrons. The Morgan fingerprint density at radius 2 is 2.12 bits per heavy atom. The van der Waals surface area contributed by atoms with Crippen molar-refractivity contribution < 1.29 is 19.5 Å². The van der Waals surface area contributed by atoms with E-state index in [1.165, 1.54) is 30.1 Å². The molecule has 1 unspecified atom stereocenters. The van der Waals surface area contributed by atoms with Crippen molar-refractivity contribution in [3.05, 3.63) is 16.6 Å². The molecule has 0 aromatic carbocycles. The Bertz CT molecular complexity index is 760. The Labute approximate surface area is 143 Å². The number of thiophene rings is 1. The molecule has 2 aromatic heterocycles. The molecule has 24 heavy (non-hydrogen) atoms. The molecule has 0 fully saturated rings. The second kappa shape index (κ2) is 7.00. The highest BCUT2D eigenvalue weighted by molar-refractivity contribution is 7.20. The monoisotopic (exact) mass is 352 g/mol. The highest BCUT2D eigenvalue weighted by Crippen LogP contribution is 2.28. The van der Waals surface area contributed by atoms with E-state index in [9.17, 15) is 19.5 Å². The van der Waals surface area contributed by atoms with E-state index in [0.717, 1.165) is 15.9 Å². The third-order valence-corrected chi connectivity index (χ3v) is 4.91. The molecule has 9 heteroatoms. The van der Waals surface area contributed by atoms with Crippen LogP contribution in [-0.2, 0) is 16.6 Å². The number of carbonyl (C=O) groups excluding carboxylic acids is 2. The molecule has 0 saturated heterocycles. The van der Waals surface area contributed by atoms with Crippen LogP contribution in [0.15, 0.2) is 6.07 Å². The summed E-state index contributed by atoms with van der Waals surface area (Å²) in [5, 5.41) is 17.0.